The van der Waals surface area contributed by atoms with Crippen molar-refractivity contribution in [3.63, 3.8) is 0 Å². The minimum Gasteiger partial charge on any atom is -0.394 e. The number of halogens is 1. The number of amides is 2. The van der Waals surface area contributed by atoms with Gasteiger partial charge in [-0.25, -0.2) is 9.18 Å². The molecule has 0 aromatic carbocycles. The Bertz CT molecular complexity index is 495. The first-order chi connectivity index (χ1) is 9.51. The highest BCUT2D eigenvalue weighted by Crippen LogP contribution is 2.29. The summed E-state index contributed by atoms with van der Waals surface area (Å²) in [6.07, 6.45) is -2.49. The van der Waals surface area contributed by atoms with Gasteiger partial charge in [0.15, 0.2) is 12.4 Å². The third-order valence-corrected chi connectivity index (χ3v) is 3.63. The number of carbonyl (C=O) groups excluding carboxylic acids is 1. The van der Waals surface area contributed by atoms with Crippen LogP contribution in [0.5, 0.6) is 0 Å². The summed E-state index contributed by atoms with van der Waals surface area (Å²) in [7, 11) is 0. The fourth-order valence-electron chi connectivity index (χ4n) is 2.60. The largest absolute Gasteiger partial charge is 0.394 e. The van der Waals surface area contributed by atoms with Gasteiger partial charge >= 0.3 is 6.03 Å². The maximum Gasteiger partial charge on any atom is 0.325 e. The van der Waals surface area contributed by atoms with Crippen LogP contribution in [-0.2, 0) is 4.74 Å². The number of aliphatic hydroxyl groups is 2. The lowest BCUT2D eigenvalue weighted by molar-refractivity contribution is -0.0591. The fraction of sp³-hybridized carbons (Fsp3) is 0.583. The highest BCUT2D eigenvalue weighted by Gasteiger charge is 2.49. The average Bonchev–Trinajstić information content (AvgIpc) is 2.89. The second kappa shape index (κ2) is 4.72. The molecular weight excluding hydrogens is 269 g/mol. The van der Waals surface area contributed by atoms with Crippen LogP contribution in [0.4, 0.5) is 9.18 Å². The van der Waals surface area contributed by atoms with Crippen molar-refractivity contribution in [2.45, 2.75) is 37.7 Å². The fourth-order valence-corrected chi connectivity index (χ4v) is 2.60. The van der Waals surface area contributed by atoms with E-state index in [9.17, 15) is 14.3 Å². The quantitative estimate of drug-likeness (QED) is 0.530. The number of urea groups is 1. The summed E-state index contributed by atoms with van der Waals surface area (Å²) in [4.78, 5) is 13.1. The Morgan fingerprint density at radius 2 is 2.25 bits per heavy atom. The molecule has 8 heteroatoms. The van der Waals surface area contributed by atoms with Crippen molar-refractivity contribution in [2.75, 3.05) is 6.61 Å². The minimum absolute atomic E-state index is 0.322. The molecule has 1 saturated heterocycles. The molecule has 0 bridgehead atoms. The molecule has 2 amide bonds. The molecule has 3 aliphatic rings. The van der Waals surface area contributed by atoms with Crippen LogP contribution in [-0.4, -0.2) is 58.5 Å². The molecule has 1 fully saturated rings. The van der Waals surface area contributed by atoms with Crippen LogP contribution >= 0.6 is 0 Å². The first kappa shape index (κ1) is 13.3. The second-order valence-corrected chi connectivity index (χ2v) is 5.07. The van der Waals surface area contributed by atoms with E-state index < -0.39 is 37.2 Å². The van der Waals surface area contributed by atoms with Gasteiger partial charge in [0.1, 0.15) is 18.4 Å². The van der Waals surface area contributed by atoms with Crippen molar-refractivity contribution >= 4 is 6.03 Å². The monoisotopic (exact) mass is 285 g/mol. The van der Waals surface area contributed by atoms with E-state index >= 15 is 0 Å². The van der Waals surface area contributed by atoms with Gasteiger partial charge in [-0.3, -0.25) is 4.90 Å². The van der Waals surface area contributed by atoms with Gasteiger partial charge in [0, 0.05) is 17.5 Å². The Labute approximate surface area is 114 Å². The zero-order chi connectivity index (χ0) is 14.4. The number of hydrogen-bond acceptors (Lipinski definition) is 5. The van der Waals surface area contributed by atoms with Crippen molar-refractivity contribution in [1.29, 1.82) is 0 Å². The van der Waals surface area contributed by atoms with Crippen LogP contribution in [0, 0.1) is 0 Å². The standard InChI is InChI=1S/C12H16FN3O4/c1-5-2-6-3-16(12(19)15-10(6)14-5)11-8(13)9(18)7(4-17)20-11/h2-3,7-11,14,17-18H,4H2,1H3,(H,15,19)/t7-,8-,9-,10?,11?/m1/s1. The van der Waals surface area contributed by atoms with Gasteiger partial charge in [-0.05, 0) is 13.0 Å². The van der Waals surface area contributed by atoms with E-state index in [0.29, 0.717) is 0 Å². The zero-order valence-corrected chi connectivity index (χ0v) is 10.8. The number of nitrogens with zero attached hydrogens (tertiary/aromatic N) is 1. The normalized spacial score (nSPS) is 39.9. The highest BCUT2D eigenvalue weighted by molar-refractivity contribution is 5.78. The second-order valence-electron chi connectivity index (χ2n) is 5.07. The first-order valence-electron chi connectivity index (χ1n) is 6.35. The van der Waals surface area contributed by atoms with Crippen molar-refractivity contribution in [2.24, 2.45) is 0 Å². The molecule has 110 valence electrons. The molecule has 0 radical (unpaired) electrons. The molecule has 0 aromatic rings. The third kappa shape index (κ3) is 1.96. The average molecular weight is 285 g/mol. The van der Waals surface area contributed by atoms with Crippen molar-refractivity contribution in [3.05, 3.63) is 23.5 Å². The van der Waals surface area contributed by atoms with Gasteiger partial charge in [0.2, 0.25) is 0 Å². The van der Waals surface area contributed by atoms with Crippen LogP contribution in [0.1, 0.15) is 6.92 Å². The Balaban J connectivity index is 1.85. The van der Waals surface area contributed by atoms with Gasteiger partial charge in [-0.2, -0.15) is 0 Å². The summed E-state index contributed by atoms with van der Waals surface area (Å²) in [5, 5.41) is 24.3. The molecule has 4 N–H and O–H groups in total. The zero-order valence-electron chi connectivity index (χ0n) is 10.8. The Kier molecular flexibility index (Phi) is 3.15. The van der Waals surface area contributed by atoms with Crippen LogP contribution in [0.15, 0.2) is 23.5 Å². The maximum absolute atomic E-state index is 14.0. The summed E-state index contributed by atoms with van der Waals surface area (Å²) in [5.41, 5.74) is 1.67. The van der Waals surface area contributed by atoms with Crippen LogP contribution in [0.2, 0.25) is 0 Å². The predicted octanol–water partition coefficient (Wildman–Crippen LogP) is -0.855. The number of alkyl halides is 1. The summed E-state index contributed by atoms with van der Waals surface area (Å²) < 4.78 is 19.3. The predicted molar refractivity (Wildman–Crippen MR) is 65.8 cm³/mol. The number of nitrogens with one attached hydrogen (secondary N) is 2. The van der Waals surface area contributed by atoms with Crippen LogP contribution in [0.3, 0.4) is 0 Å². The first-order valence-corrected chi connectivity index (χ1v) is 6.35. The highest BCUT2D eigenvalue weighted by atomic mass is 19.1. The van der Waals surface area contributed by atoms with E-state index in [1.807, 2.05) is 13.0 Å². The van der Waals surface area contributed by atoms with E-state index in [0.717, 1.165) is 16.2 Å². The number of carbonyl (C=O) groups is 1. The smallest absolute Gasteiger partial charge is 0.325 e. The lowest BCUT2D eigenvalue weighted by Gasteiger charge is -2.33. The summed E-state index contributed by atoms with van der Waals surface area (Å²) in [6.45, 7) is 1.35. The Morgan fingerprint density at radius 1 is 1.50 bits per heavy atom. The molecule has 5 atom stereocenters. The topological polar surface area (TPSA) is 94.1 Å². The Hall–Kier alpha value is -1.64. The number of hydrogen-bond donors (Lipinski definition) is 4. The van der Waals surface area contributed by atoms with Gasteiger partial charge in [-0.15, -0.1) is 0 Å². The van der Waals surface area contributed by atoms with Gasteiger partial charge in [-0.1, -0.05) is 0 Å². The number of rotatable bonds is 2. The molecule has 0 aliphatic carbocycles. The molecule has 0 aromatic heterocycles. The molecule has 3 rings (SSSR count). The number of ether oxygens (including phenoxy) is 1. The molecule has 20 heavy (non-hydrogen) atoms. The number of aliphatic hydroxyl groups excluding tert-OH is 2. The van der Waals surface area contributed by atoms with Gasteiger partial charge in [0.25, 0.3) is 0 Å². The molecule has 3 aliphatic heterocycles. The molecule has 0 saturated carbocycles. The lowest BCUT2D eigenvalue weighted by Crippen LogP contribution is -2.55. The van der Waals surface area contributed by atoms with E-state index in [-0.39, 0.29) is 6.17 Å². The van der Waals surface area contributed by atoms with E-state index in [2.05, 4.69) is 10.6 Å². The van der Waals surface area contributed by atoms with E-state index in [1.165, 1.54) is 6.20 Å². The SMILES string of the molecule is CC1=CC2=CN(C3O[C@H](CO)[C@@H](O)[C@H]3F)C(=O)NC2N1. The lowest BCUT2D eigenvalue weighted by atomic mass is 10.1. The minimum atomic E-state index is -1.77. The molecule has 2 unspecified atom stereocenters. The third-order valence-electron chi connectivity index (χ3n) is 3.63. The number of allylic oxidation sites excluding steroid dienone is 1. The molecule has 7 nitrogen and oxygen atoms in total. The van der Waals surface area contributed by atoms with Crippen molar-refractivity contribution < 1.29 is 24.1 Å². The van der Waals surface area contributed by atoms with Crippen molar-refractivity contribution in [3.8, 4) is 0 Å². The van der Waals surface area contributed by atoms with Gasteiger partial charge < -0.3 is 25.6 Å². The van der Waals surface area contributed by atoms with Crippen molar-refractivity contribution in [1.82, 2.24) is 15.5 Å². The molecule has 3 heterocycles. The van der Waals surface area contributed by atoms with E-state index in [4.69, 9.17) is 9.84 Å². The summed E-state index contributed by atoms with van der Waals surface area (Å²) in [6, 6.07) is -0.521. The Morgan fingerprint density at radius 3 is 2.90 bits per heavy atom. The maximum atomic E-state index is 14.0. The molecule has 0 spiro atoms. The van der Waals surface area contributed by atoms with Crippen LogP contribution < -0.4 is 10.6 Å². The molecular formula is C12H16FN3O4. The summed E-state index contributed by atoms with van der Waals surface area (Å²) >= 11 is 0. The number of fused-ring (bicyclic) bond motifs is 1. The van der Waals surface area contributed by atoms with Gasteiger partial charge in [0.05, 0.1) is 6.61 Å². The summed E-state index contributed by atoms with van der Waals surface area (Å²) in [5.74, 6) is 0. The van der Waals surface area contributed by atoms with Crippen LogP contribution in [0.25, 0.3) is 0 Å². The van der Waals surface area contributed by atoms with E-state index in [1.54, 1.807) is 0 Å².